The lowest BCUT2D eigenvalue weighted by Gasteiger charge is -2.06. The number of rotatable bonds is 6. The van der Waals surface area contributed by atoms with Crippen molar-refractivity contribution in [1.82, 2.24) is 30.9 Å². The van der Waals surface area contributed by atoms with Gasteiger partial charge in [0.25, 0.3) is 5.91 Å². The molecular weight excluding hydrogens is 246 g/mol. The van der Waals surface area contributed by atoms with Crippen molar-refractivity contribution < 1.29 is 4.79 Å². The second-order valence-corrected chi connectivity index (χ2v) is 3.87. The predicted octanol–water partition coefficient (Wildman–Crippen LogP) is 0.347. The molecule has 8 nitrogen and oxygen atoms in total. The van der Waals surface area contributed by atoms with E-state index in [0.717, 1.165) is 13.0 Å². The normalized spacial score (nSPS) is 10.2. The Labute approximate surface area is 110 Å². The fraction of sp³-hybridized carbons (Fsp3) is 0.364. The first-order valence-corrected chi connectivity index (χ1v) is 6.00. The van der Waals surface area contributed by atoms with Crippen LogP contribution in [0.3, 0.4) is 0 Å². The highest BCUT2D eigenvalue weighted by Crippen LogP contribution is 2.06. The number of hydrogen-bond acceptors (Lipinski definition) is 6. The van der Waals surface area contributed by atoms with Crippen molar-refractivity contribution in [2.24, 2.45) is 0 Å². The second-order valence-electron chi connectivity index (χ2n) is 3.87. The molecule has 0 aliphatic heterocycles. The molecule has 100 valence electrons. The minimum Gasteiger partial charge on any atom is -0.370 e. The number of tetrazole rings is 1. The van der Waals surface area contributed by atoms with Gasteiger partial charge in [0.2, 0.25) is 0 Å². The zero-order chi connectivity index (χ0) is 13.5. The molecule has 0 unspecified atom stereocenters. The van der Waals surface area contributed by atoms with Gasteiger partial charge in [0.15, 0.2) is 5.82 Å². The van der Waals surface area contributed by atoms with E-state index in [1.807, 2.05) is 0 Å². The molecule has 8 heteroatoms. The highest BCUT2D eigenvalue weighted by Gasteiger charge is 2.07. The van der Waals surface area contributed by atoms with Crippen molar-refractivity contribution in [2.45, 2.75) is 19.9 Å². The fourth-order valence-electron chi connectivity index (χ4n) is 1.44. The van der Waals surface area contributed by atoms with Crippen LogP contribution in [0, 0.1) is 0 Å². The number of carbonyl (C=O) groups is 1. The summed E-state index contributed by atoms with van der Waals surface area (Å²) in [6, 6.07) is 3.36. The van der Waals surface area contributed by atoms with Crippen LogP contribution in [0.4, 0.5) is 5.82 Å². The average molecular weight is 261 g/mol. The number of anilines is 1. The maximum Gasteiger partial charge on any atom is 0.251 e. The van der Waals surface area contributed by atoms with E-state index in [4.69, 9.17) is 0 Å². The largest absolute Gasteiger partial charge is 0.370 e. The average Bonchev–Trinajstić information content (AvgIpc) is 2.96. The minimum atomic E-state index is -0.202. The van der Waals surface area contributed by atoms with Gasteiger partial charge in [0.1, 0.15) is 5.82 Å². The van der Waals surface area contributed by atoms with Gasteiger partial charge in [-0.15, -0.1) is 10.2 Å². The number of nitrogens with zero attached hydrogens (tertiary/aromatic N) is 4. The van der Waals surface area contributed by atoms with Crippen LogP contribution in [-0.2, 0) is 6.54 Å². The topological polar surface area (TPSA) is 108 Å². The first-order valence-electron chi connectivity index (χ1n) is 6.00. The van der Waals surface area contributed by atoms with E-state index < -0.39 is 0 Å². The van der Waals surface area contributed by atoms with Gasteiger partial charge in [-0.1, -0.05) is 12.1 Å². The van der Waals surface area contributed by atoms with Gasteiger partial charge in [0, 0.05) is 18.3 Å². The Hall–Kier alpha value is -2.51. The molecule has 1 amide bonds. The number of aromatic amines is 1. The lowest BCUT2D eigenvalue weighted by Crippen LogP contribution is -2.23. The Morgan fingerprint density at radius 3 is 3.11 bits per heavy atom. The van der Waals surface area contributed by atoms with Gasteiger partial charge in [-0.05, 0) is 18.6 Å². The van der Waals surface area contributed by atoms with E-state index in [1.54, 1.807) is 18.3 Å². The summed E-state index contributed by atoms with van der Waals surface area (Å²) in [5.41, 5.74) is 0.539. The van der Waals surface area contributed by atoms with Crippen molar-refractivity contribution in [3.05, 3.63) is 29.7 Å². The molecule has 19 heavy (non-hydrogen) atoms. The summed E-state index contributed by atoms with van der Waals surface area (Å²) >= 11 is 0. The number of aromatic nitrogens is 5. The van der Waals surface area contributed by atoms with Crippen molar-refractivity contribution in [1.29, 1.82) is 0 Å². The van der Waals surface area contributed by atoms with Gasteiger partial charge < -0.3 is 10.6 Å². The molecule has 2 aromatic heterocycles. The molecule has 0 spiro atoms. The lowest BCUT2D eigenvalue weighted by atomic mass is 10.2. The quantitative estimate of drug-likeness (QED) is 0.692. The Morgan fingerprint density at radius 1 is 1.47 bits per heavy atom. The molecule has 0 fully saturated rings. The molecule has 2 heterocycles. The molecule has 0 atom stereocenters. The van der Waals surface area contributed by atoms with Gasteiger partial charge >= 0.3 is 0 Å². The van der Waals surface area contributed by atoms with E-state index in [-0.39, 0.29) is 12.5 Å². The summed E-state index contributed by atoms with van der Waals surface area (Å²) in [5, 5.41) is 19.1. The maximum absolute atomic E-state index is 11.9. The van der Waals surface area contributed by atoms with Crippen molar-refractivity contribution in [3.63, 3.8) is 0 Å². The Morgan fingerprint density at radius 2 is 2.37 bits per heavy atom. The molecule has 3 N–H and O–H groups in total. The third-order valence-corrected chi connectivity index (χ3v) is 2.37. The number of amides is 1. The molecule has 0 bridgehead atoms. The number of H-pyrrole nitrogens is 1. The molecule has 0 aliphatic carbocycles. The highest BCUT2D eigenvalue weighted by molar-refractivity contribution is 5.94. The minimum absolute atomic E-state index is 0.202. The number of hydrogen-bond donors (Lipinski definition) is 3. The smallest absolute Gasteiger partial charge is 0.251 e. The summed E-state index contributed by atoms with van der Waals surface area (Å²) in [5.74, 6) is 0.924. The molecule has 2 aromatic rings. The summed E-state index contributed by atoms with van der Waals surface area (Å²) < 4.78 is 0. The molecular formula is C11H15N7O. The van der Waals surface area contributed by atoms with Crippen LogP contribution in [0.5, 0.6) is 0 Å². The van der Waals surface area contributed by atoms with E-state index in [2.05, 4.69) is 43.2 Å². The third-order valence-electron chi connectivity index (χ3n) is 2.37. The van der Waals surface area contributed by atoms with Crippen LogP contribution in [0.1, 0.15) is 29.5 Å². The van der Waals surface area contributed by atoms with E-state index in [0.29, 0.717) is 17.2 Å². The Bertz CT molecular complexity index is 526. The summed E-state index contributed by atoms with van der Waals surface area (Å²) in [6.45, 7) is 3.12. The maximum atomic E-state index is 11.9. The van der Waals surface area contributed by atoms with Crippen LogP contribution in [-0.4, -0.2) is 38.1 Å². The van der Waals surface area contributed by atoms with Gasteiger partial charge in [-0.2, -0.15) is 5.21 Å². The van der Waals surface area contributed by atoms with Crippen LogP contribution in [0.25, 0.3) is 0 Å². The predicted molar refractivity (Wildman–Crippen MR) is 68.4 cm³/mol. The van der Waals surface area contributed by atoms with Gasteiger partial charge in [0.05, 0.1) is 6.54 Å². The zero-order valence-electron chi connectivity index (χ0n) is 10.6. The van der Waals surface area contributed by atoms with E-state index in [1.165, 1.54) is 0 Å². The van der Waals surface area contributed by atoms with E-state index >= 15 is 0 Å². The molecule has 0 aromatic carbocycles. The SMILES string of the molecule is CCCNc1cc(C(=O)NCc2nn[nH]n2)ccn1. The van der Waals surface area contributed by atoms with Crippen molar-refractivity contribution in [2.75, 3.05) is 11.9 Å². The monoisotopic (exact) mass is 261 g/mol. The second kappa shape index (κ2) is 6.43. The van der Waals surface area contributed by atoms with Crippen LogP contribution in [0.15, 0.2) is 18.3 Å². The molecule has 0 radical (unpaired) electrons. The third kappa shape index (κ3) is 3.73. The number of carbonyl (C=O) groups excluding carboxylic acids is 1. The number of nitrogens with one attached hydrogen (secondary N) is 3. The van der Waals surface area contributed by atoms with Crippen molar-refractivity contribution >= 4 is 11.7 Å². The summed E-state index contributed by atoms with van der Waals surface area (Å²) in [7, 11) is 0. The van der Waals surface area contributed by atoms with E-state index in [9.17, 15) is 4.79 Å². The summed E-state index contributed by atoms with van der Waals surface area (Å²) in [6.07, 6.45) is 2.59. The van der Waals surface area contributed by atoms with Gasteiger partial charge in [-0.25, -0.2) is 4.98 Å². The molecule has 0 saturated heterocycles. The fourth-order valence-corrected chi connectivity index (χ4v) is 1.44. The Kier molecular flexibility index (Phi) is 4.38. The van der Waals surface area contributed by atoms with Crippen LogP contribution >= 0.6 is 0 Å². The standard InChI is InChI=1S/C11H15N7O/c1-2-4-12-9-6-8(3-5-13-9)11(19)14-7-10-15-17-18-16-10/h3,5-6H,2,4,7H2,1H3,(H,12,13)(H,14,19)(H,15,16,17,18). The van der Waals surface area contributed by atoms with Crippen LogP contribution < -0.4 is 10.6 Å². The molecule has 0 saturated carbocycles. The zero-order valence-corrected chi connectivity index (χ0v) is 10.6. The molecule has 2 rings (SSSR count). The first kappa shape index (κ1) is 12.9. The van der Waals surface area contributed by atoms with Gasteiger partial charge in [-0.3, -0.25) is 4.79 Å². The van der Waals surface area contributed by atoms with Crippen molar-refractivity contribution in [3.8, 4) is 0 Å². The number of pyridine rings is 1. The first-order chi connectivity index (χ1) is 9.29. The van der Waals surface area contributed by atoms with Crippen LogP contribution in [0.2, 0.25) is 0 Å². The lowest BCUT2D eigenvalue weighted by molar-refractivity contribution is 0.0950. The Balaban J connectivity index is 1.94. The summed E-state index contributed by atoms with van der Waals surface area (Å²) in [4.78, 5) is 16.1. The molecule has 0 aliphatic rings. The highest BCUT2D eigenvalue weighted by atomic mass is 16.1.